The normalized spacial score (nSPS) is 21.7. The molecule has 0 saturated carbocycles. The molecule has 0 spiro atoms. The lowest BCUT2D eigenvalue weighted by molar-refractivity contribution is 0.362. The molecule has 1 aliphatic heterocycles. The van der Waals surface area contributed by atoms with Gasteiger partial charge in [0, 0.05) is 28.7 Å². The third-order valence-electron chi connectivity index (χ3n) is 4.27. The fourth-order valence-corrected chi connectivity index (χ4v) is 3.33. The van der Waals surface area contributed by atoms with Crippen molar-refractivity contribution < 1.29 is 0 Å². The summed E-state index contributed by atoms with van der Waals surface area (Å²) in [6, 6.07) is 9.14. The van der Waals surface area contributed by atoms with Crippen LogP contribution in [-0.4, -0.2) is 17.6 Å². The Morgan fingerprint density at radius 1 is 1.32 bits per heavy atom. The first-order valence-corrected chi connectivity index (χ1v) is 7.32. The Hall–Kier alpha value is -1.32. The van der Waals surface area contributed by atoms with E-state index >= 15 is 0 Å². The maximum absolute atomic E-state index is 6.48. The quantitative estimate of drug-likeness (QED) is 0.791. The van der Waals surface area contributed by atoms with E-state index in [1.54, 1.807) is 0 Å². The summed E-state index contributed by atoms with van der Waals surface area (Å²) in [6.07, 6.45) is 4.92. The van der Waals surface area contributed by atoms with Crippen LogP contribution >= 0.6 is 0 Å². The standard InChI is InChI=1S/C16H23N3/c1-11-16(13-7-2-3-8-15(13)19-11)14(17)10-12-6-4-5-9-18-12/h2-3,7-8,12,14,18-19H,4-6,9-10,17H2,1H3. The molecule has 3 rings (SSSR count). The Morgan fingerprint density at radius 2 is 2.16 bits per heavy atom. The number of piperidine rings is 1. The molecule has 1 saturated heterocycles. The van der Waals surface area contributed by atoms with Crippen molar-refractivity contribution in [2.45, 2.75) is 44.7 Å². The number of aromatic nitrogens is 1. The van der Waals surface area contributed by atoms with Crippen LogP contribution in [0, 0.1) is 6.92 Å². The number of nitrogens with one attached hydrogen (secondary N) is 2. The van der Waals surface area contributed by atoms with Gasteiger partial charge in [-0.2, -0.15) is 0 Å². The number of rotatable bonds is 3. The molecule has 3 heteroatoms. The van der Waals surface area contributed by atoms with E-state index in [9.17, 15) is 0 Å². The second-order valence-corrected chi connectivity index (χ2v) is 5.70. The van der Waals surface area contributed by atoms with Gasteiger partial charge in [-0.1, -0.05) is 24.6 Å². The highest BCUT2D eigenvalue weighted by Crippen LogP contribution is 2.29. The zero-order valence-corrected chi connectivity index (χ0v) is 11.6. The van der Waals surface area contributed by atoms with Crippen molar-refractivity contribution in [3.05, 3.63) is 35.5 Å². The number of benzene rings is 1. The fourth-order valence-electron chi connectivity index (χ4n) is 3.33. The van der Waals surface area contributed by atoms with Gasteiger partial charge >= 0.3 is 0 Å². The number of fused-ring (bicyclic) bond motifs is 1. The first-order valence-electron chi connectivity index (χ1n) is 7.32. The van der Waals surface area contributed by atoms with Crippen LogP contribution in [0.4, 0.5) is 0 Å². The Morgan fingerprint density at radius 3 is 2.95 bits per heavy atom. The van der Waals surface area contributed by atoms with Crippen LogP contribution in [0.3, 0.4) is 0 Å². The summed E-state index contributed by atoms with van der Waals surface area (Å²) in [4.78, 5) is 3.44. The van der Waals surface area contributed by atoms with Gasteiger partial charge in [0.15, 0.2) is 0 Å². The van der Waals surface area contributed by atoms with Crippen molar-refractivity contribution in [2.75, 3.05) is 6.54 Å². The number of aryl methyl sites for hydroxylation is 1. The highest BCUT2D eigenvalue weighted by atomic mass is 14.9. The number of hydrogen-bond acceptors (Lipinski definition) is 2. The lowest BCUT2D eigenvalue weighted by Crippen LogP contribution is -2.36. The van der Waals surface area contributed by atoms with Gasteiger partial charge in [0.25, 0.3) is 0 Å². The lowest BCUT2D eigenvalue weighted by atomic mass is 9.93. The van der Waals surface area contributed by atoms with Gasteiger partial charge in [-0.3, -0.25) is 0 Å². The van der Waals surface area contributed by atoms with E-state index < -0.39 is 0 Å². The number of aromatic amines is 1. The third-order valence-corrected chi connectivity index (χ3v) is 4.27. The molecular weight excluding hydrogens is 234 g/mol. The smallest absolute Gasteiger partial charge is 0.0459 e. The molecule has 0 radical (unpaired) electrons. The van der Waals surface area contributed by atoms with Crippen LogP contribution in [0.25, 0.3) is 10.9 Å². The predicted octanol–water partition coefficient (Wildman–Crippen LogP) is 3.01. The van der Waals surface area contributed by atoms with Crippen molar-refractivity contribution >= 4 is 10.9 Å². The van der Waals surface area contributed by atoms with Crippen molar-refractivity contribution in [3.8, 4) is 0 Å². The Kier molecular flexibility index (Phi) is 3.58. The van der Waals surface area contributed by atoms with Gasteiger partial charge in [-0.05, 0) is 44.4 Å². The Balaban J connectivity index is 1.84. The first-order chi connectivity index (χ1) is 9.25. The highest BCUT2D eigenvalue weighted by molar-refractivity contribution is 5.85. The molecule has 0 amide bonds. The average molecular weight is 257 g/mol. The number of nitrogens with two attached hydrogens (primary N) is 1. The van der Waals surface area contributed by atoms with Crippen LogP contribution in [0.2, 0.25) is 0 Å². The van der Waals surface area contributed by atoms with Crippen molar-refractivity contribution in [1.82, 2.24) is 10.3 Å². The van der Waals surface area contributed by atoms with Gasteiger partial charge in [-0.25, -0.2) is 0 Å². The van der Waals surface area contributed by atoms with Gasteiger partial charge in [-0.15, -0.1) is 0 Å². The monoisotopic (exact) mass is 257 g/mol. The second kappa shape index (κ2) is 5.35. The maximum Gasteiger partial charge on any atom is 0.0459 e. The van der Waals surface area contributed by atoms with Crippen molar-refractivity contribution in [2.24, 2.45) is 5.73 Å². The summed E-state index contributed by atoms with van der Waals surface area (Å²) in [6.45, 7) is 3.27. The Labute approximate surface area is 114 Å². The molecule has 1 aromatic carbocycles. The fraction of sp³-hybridized carbons (Fsp3) is 0.500. The van der Waals surface area contributed by atoms with Gasteiger partial charge in [0.1, 0.15) is 0 Å². The van der Waals surface area contributed by atoms with Gasteiger partial charge in [0.05, 0.1) is 0 Å². The number of H-pyrrole nitrogens is 1. The van der Waals surface area contributed by atoms with Crippen molar-refractivity contribution in [1.29, 1.82) is 0 Å². The molecule has 4 N–H and O–H groups in total. The molecule has 1 fully saturated rings. The summed E-state index contributed by atoms with van der Waals surface area (Å²) in [5.74, 6) is 0. The zero-order valence-electron chi connectivity index (χ0n) is 11.6. The molecule has 0 aliphatic carbocycles. The number of para-hydroxylation sites is 1. The minimum Gasteiger partial charge on any atom is -0.358 e. The molecule has 1 aromatic heterocycles. The van der Waals surface area contributed by atoms with Crippen LogP contribution in [-0.2, 0) is 0 Å². The third kappa shape index (κ3) is 2.53. The average Bonchev–Trinajstić information content (AvgIpc) is 2.75. The van der Waals surface area contributed by atoms with Crippen LogP contribution in [0.5, 0.6) is 0 Å². The highest BCUT2D eigenvalue weighted by Gasteiger charge is 2.20. The minimum atomic E-state index is 0.117. The molecule has 3 nitrogen and oxygen atoms in total. The zero-order chi connectivity index (χ0) is 13.2. The molecule has 102 valence electrons. The lowest BCUT2D eigenvalue weighted by Gasteiger charge is -2.26. The summed E-state index contributed by atoms with van der Waals surface area (Å²) < 4.78 is 0. The number of hydrogen-bond donors (Lipinski definition) is 3. The summed E-state index contributed by atoms with van der Waals surface area (Å²) >= 11 is 0. The molecule has 0 bridgehead atoms. The van der Waals surface area contributed by atoms with E-state index in [1.807, 2.05) is 0 Å². The maximum atomic E-state index is 6.48. The van der Waals surface area contributed by atoms with Crippen molar-refractivity contribution in [3.63, 3.8) is 0 Å². The summed E-state index contributed by atoms with van der Waals surface area (Å²) in [5.41, 5.74) is 10.2. The molecule has 1 aliphatic rings. The summed E-state index contributed by atoms with van der Waals surface area (Å²) in [5, 5.41) is 4.87. The molecule has 2 atom stereocenters. The van der Waals surface area contributed by atoms with Crippen LogP contribution in [0.1, 0.15) is 43.0 Å². The Bertz CT molecular complexity index is 552. The van der Waals surface area contributed by atoms with Crippen LogP contribution in [0.15, 0.2) is 24.3 Å². The summed E-state index contributed by atoms with van der Waals surface area (Å²) in [7, 11) is 0. The van der Waals surface area contributed by atoms with Gasteiger partial charge in [0.2, 0.25) is 0 Å². The topological polar surface area (TPSA) is 53.8 Å². The molecule has 2 heterocycles. The molecule has 2 aromatic rings. The first kappa shape index (κ1) is 12.7. The SMILES string of the molecule is Cc1[nH]c2ccccc2c1C(N)CC1CCCCN1. The van der Waals surface area contributed by atoms with E-state index in [1.165, 1.54) is 41.4 Å². The van der Waals surface area contributed by atoms with E-state index in [-0.39, 0.29) is 6.04 Å². The molecule has 2 unspecified atom stereocenters. The minimum absolute atomic E-state index is 0.117. The van der Waals surface area contributed by atoms with Crippen LogP contribution < -0.4 is 11.1 Å². The predicted molar refractivity (Wildman–Crippen MR) is 80.2 cm³/mol. The van der Waals surface area contributed by atoms with E-state index in [4.69, 9.17) is 5.73 Å². The molecule has 19 heavy (non-hydrogen) atoms. The van der Waals surface area contributed by atoms with Gasteiger partial charge < -0.3 is 16.0 Å². The van der Waals surface area contributed by atoms with E-state index in [2.05, 4.69) is 41.5 Å². The van der Waals surface area contributed by atoms with E-state index in [0.717, 1.165) is 13.0 Å². The molecular formula is C16H23N3. The largest absolute Gasteiger partial charge is 0.358 e. The van der Waals surface area contributed by atoms with E-state index in [0.29, 0.717) is 6.04 Å². The second-order valence-electron chi connectivity index (χ2n) is 5.70.